The van der Waals surface area contributed by atoms with Crippen LogP contribution in [0.5, 0.6) is 0 Å². The van der Waals surface area contributed by atoms with Crippen molar-refractivity contribution in [3.8, 4) is 11.8 Å². The summed E-state index contributed by atoms with van der Waals surface area (Å²) >= 11 is 0. The van der Waals surface area contributed by atoms with Gasteiger partial charge in [-0.3, -0.25) is 0 Å². The Morgan fingerprint density at radius 1 is 1.43 bits per heavy atom. The van der Waals surface area contributed by atoms with E-state index in [1.807, 2.05) is 13.0 Å². The van der Waals surface area contributed by atoms with Crippen LogP contribution in [0.1, 0.15) is 32.4 Å². The number of aromatic nitrogens is 2. The third kappa shape index (κ3) is 3.06. The second-order valence-corrected chi connectivity index (χ2v) is 3.26. The van der Waals surface area contributed by atoms with Gasteiger partial charge in [-0.2, -0.15) is 0 Å². The maximum absolute atomic E-state index is 4.18. The molecule has 14 heavy (non-hydrogen) atoms. The fourth-order valence-electron chi connectivity index (χ4n) is 1.01. The van der Waals surface area contributed by atoms with Crippen LogP contribution in [0, 0.1) is 11.8 Å². The van der Waals surface area contributed by atoms with Crippen molar-refractivity contribution in [2.45, 2.75) is 26.7 Å². The van der Waals surface area contributed by atoms with Crippen molar-refractivity contribution < 1.29 is 0 Å². The van der Waals surface area contributed by atoms with Gasteiger partial charge in [-0.25, -0.2) is 9.97 Å². The lowest BCUT2D eigenvalue weighted by Crippen LogP contribution is -2.03. The summed E-state index contributed by atoms with van der Waals surface area (Å²) in [7, 11) is 0. The Kier molecular flexibility index (Phi) is 3.93. The molecule has 0 aromatic carbocycles. The zero-order chi connectivity index (χ0) is 10.4. The molecule has 3 heteroatoms. The quantitative estimate of drug-likeness (QED) is 0.739. The van der Waals surface area contributed by atoms with Crippen LogP contribution in [0.3, 0.4) is 0 Å². The molecule has 0 aliphatic heterocycles. The lowest BCUT2D eigenvalue weighted by Gasteiger charge is -2.06. The second-order valence-electron chi connectivity index (χ2n) is 3.26. The molecule has 0 saturated carbocycles. The lowest BCUT2D eigenvalue weighted by atomic mass is 10.1. The Hall–Kier alpha value is -1.56. The van der Waals surface area contributed by atoms with Gasteiger partial charge in [0, 0.05) is 11.8 Å². The van der Waals surface area contributed by atoms with E-state index < -0.39 is 0 Å². The first-order chi connectivity index (χ1) is 6.74. The predicted octanol–water partition coefficient (Wildman–Crippen LogP) is 2.04. The smallest absolute Gasteiger partial charge is 0.130 e. The van der Waals surface area contributed by atoms with Gasteiger partial charge in [-0.1, -0.05) is 19.8 Å². The molecule has 1 N–H and O–H groups in total. The molecule has 1 rings (SSSR count). The Bertz CT molecular complexity index is 347. The molecule has 0 amide bonds. The number of hydrogen-bond acceptors (Lipinski definition) is 3. The van der Waals surface area contributed by atoms with Gasteiger partial charge in [0.05, 0.1) is 6.54 Å². The van der Waals surface area contributed by atoms with Crippen LogP contribution in [-0.2, 0) is 0 Å². The molecule has 0 unspecified atom stereocenters. The van der Waals surface area contributed by atoms with Crippen molar-refractivity contribution in [3.05, 3.63) is 18.1 Å². The standard InChI is InChI=1S/C11H15N3/c1-4-5-6-12-11-7-10(9(2)3)13-8-14-11/h7-9H,6H2,1-3H3,(H,12,13,14). The van der Waals surface area contributed by atoms with Crippen LogP contribution < -0.4 is 5.32 Å². The molecular formula is C11H15N3. The van der Waals surface area contributed by atoms with Gasteiger partial charge in [0.25, 0.3) is 0 Å². The third-order valence-corrected chi connectivity index (χ3v) is 1.81. The molecule has 0 atom stereocenters. The lowest BCUT2D eigenvalue weighted by molar-refractivity contribution is 0.814. The molecule has 0 saturated heterocycles. The van der Waals surface area contributed by atoms with Crippen LogP contribution in [0.15, 0.2) is 12.4 Å². The van der Waals surface area contributed by atoms with Crippen LogP contribution in [0.2, 0.25) is 0 Å². The molecule has 1 aromatic heterocycles. The average Bonchev–Trinajstić information content (AvgIpc) is 2.19. The number of nitrogens with one attached hydrogen (secondary N) is 1. The van der Waals surface area contributed by atoms with Crippen molar-refractivity contribution in [1.29, 1.82) is 0 Å². The van der Waals surface area contributed by atoms with E-state index in [2.05, 4.69) is 41.0 Å². The van der Waals surface area contributed by atoms with Gasteiger partial charge in [0.2, 0.25) is 0 Å². The molecule has 74 valence electrons. The summed E-state index contributed by atoms with van der Waals surface area (Å²) in [5, 5.41) is 3.12. The van der Waals surface area contributed by atoms with Crippen molar-refractivity contribution in [1.82, 2.24) is 9.97 Å². The van der Waals surface area contributed by atoms with E-state index in [4.69, 9.17) is 0 Å². The molecule has 0 spiro atoms. The summed E-state index contributed by atoms with van der Waals surface area (Å²) in [6.45, 7) is 6.67. The zero-order valence-electron chi connectivity index (χ0n) is 8.83. The van der Waals surface area contributed by atoms with Crippen LogP contribution in [0.4, 0.5) is 5.82 Å². The molecule has 1 heterocycles. The minimum Gasteiger partial charge on any atom is -0.359 e. The van der Waals surface area contributed by atoms with E-state index in [-0.39, 0.29) is 0 Å². The molecule has 0 fully saturated rings. The van der Waals surface area contributed by atoms with Crippen LogP contribution in [0.25, 0.3) is 0 Å². The van der Waals surface area contributed by atoms with Gasteiger partial charge in [0.1, 0.15) is 12.1 Å². The molecule has 1 aromatic rings. The van der Waals surface area contributed by atoms with Crippen molar-refractivity contribution >= 4 is 5.82 Å². The van der Waals surface area contributed by atoms with Crippen LogP contribution >= 0.6 is 0 Å². The van der Waals surface area contributed by atoms with E-state index in [1.165, 1.54) is 0 Å². The fourth-order valence-corrected chi connectivity index (χ4v) is 1.01. The van der Waals surface area contributed by atoms with Crippen LogP contribution in [-0.4, -0.2) is 16.5 Å². The van der Waals surface area contributed by atoms with E-state index in [9.17, 15) is 0 Å². The highest BCUT2D eigenvalue weighted by molar-refractivity contribution is 5.36. The minimum absolute atomic E-state index is 0.427. The zero-order valence-corrected chi connectivity index (χ0v) is 8.83. The third-order valence-electron chi connectivity index (χ3n) is 1.81. The van der Waals surface area contributed by atoms with Crippen molar-refractivity contribution in [2.75, 3.05) is 11.9 Å². The Balaban J connectivity index is 2.67. The van der Waals surface area contributed by atoms with E-state index in [1.54, 1.807) is 6.33 Å². The highest BCUT2D eigenvalue weighted by Crippen LogP contribution is 2.12. The van der Waals surface area contributed by atoms with Gasteiger partial charge >= 0.3 is 0 Å². The van der Waals surface area contributed by atoms with Gasteiger partial charge in [0.15, 0.2) is 0 Å². The normalized spacial score (nSPS) is 9.43. The monoisotopic (exact) mass is 189 g/mol. The Morgan fingerprint density at radius 3 is 2.86 bits per heavy atom. The van der Waals surface area contributed by atoms with Crippen molar-refractivity contribution in [3.63, 3.8) is 0 Å². The summed E-state index contributed by atoms with van der Waals surface area (Å²) in [6.07, 6.45) is 1.58. The first-order valence-electron chi connectivity index (χ1n) is 4.69. The van der Waals surface area contributed by atoms with E-state index in [0.717, 1.165) is 11.5 Å². The summed E-state index contributed by atoms with van der Waals surface area (Å²) in [5.41, 5.74) is 1.05. The average molecular weight is 189 g/mol. The van der Waals surface area contributed by atoms with Gasteiger partial charge in [-0.05, 0) is 12.8 Å². The SMILES string of the molecule is CC#CCNc1cc(C(C)C)ncn1. The Labute approximate surface area is 85.0 Å². The number of rotatable bonds is 3. The molecule has 0 radical (unpaired) electrons. The highest BCUT2D eigenvalue weighted by atomic mass is 15.0. The molecule has 3 nitrogen and oxygen atoms in total. The van der Waals surface area contributed by atoms with Gasteiger partial charge in [-0.15, -0.1) is 5.92 Å². The van der Waals surface area contributed by atoms with E-state index in [0.29, 0.717) is 12.5 Å². The maximum Gasteiger partial charge on any atom is 0.130 e. The number of hydrogen-bond donors (Lipinski definition) is 1. The van der Waals surface area contributed by atoms with Gasteiger partial charge < -0.3 is 5.32 Å². The summed E-state index contributed by atoms with van der Waals surface area (Å²) in [5.74, 6) is 7.01. The topological polar surface area (TPSA) is 37.8 Å². The predicted molar refractivity (Wildman–Crippen MR) is 58.1 cm³/mol. The molecule has 0 aliphatic carbocycles. The first-order valence-corrected chi connectivity index (χ1v) is 4.69. The summed E-state index contributed by atoms with van der Waals surface area (Å²) in [6, 6.07) is 1.96. The highest BCUT2D eigenvalue weighted by Gasteiger charge is 2.01. The molecular weight excluding hydrogens is 174 g/mol. The first kappa shape index (κ1) is 10.5. The second kappa shape index (κ2) is 5.23. The maximum atomic E-state index is 4.18. The summed E-state index contributed by atoms with van der Waals surface area (Å²) in [4.78, 5) is 8.28. The minimum atomic E-state index is 0.427. The van der Waals surface area contributed by atoms with E-state index >= 15 is 0 Å². The fraction of sp³-hybridized carbons (Fsp3) is 0.455. The molecule has 0 bridgehead atoms. The Morgan fingerprint density at radius 2 is 2.21 bits per heavy atom. The largest absolute Gasteiger partial charge is 0.359 e. The number of anilines is 1. The summed E-state index contributed by atoms with van der Waals surface area (Å²) < 4.78 is 0. The molecule has 0 aliphatic rings. The van der Waals surface area contributed by atoms with Crippen molar-refractivity contribution in [2.24, 2.45) is 0 Å². The number of nitrogens with zero attached hydrogens (tertiary/aromatic N) is 2.